The third-order valence-corrected chi connectivity index (χ3v) is 3.66. The van der Waals surface area contributed by atoms with Gasteiger partial charge in [0.2, 0.25) is 5.91 Å². The Morgan fingerprint density at radius 2 is 2.00 bits per heavy atom. The first kappa shape index (κ1) is 16.3. The van der Waals surface area contributed by atoms with Gasteiger partial charge in [-0.2, -0.15) is 13.2 Å². The predicted molar refractivity (Wildman–Crippen MR) is 65.4 cm³/mol. The highest BCUT2D eigenvalue weighted by molar-refractivity contribution is 5.79. The lowest BCUT2D eigenvalue weighted by Gasteiger charge is -2.32. The molecule has 6 heteroatoms. The van der Waals surface area contributed by atoms with E-state index in [4.69, 9.17) is 0 Å². The van der Waals surface area contributed by atoms with Gasteiger partial charge < -0.3 is 10.4 Å². The fourth-order valence-corrected chi connectivity index (χ4v) is 2.62. The lowest BCUT2D eigenvalue weighted by Crippen LogP contribution is -2.44. The van der Waals surface area contributed by atoms with Crippen LogP contribution in [0.4, 0.5) is 13.2 Å². The Kier molecular flexibility index (Phi) is 6.10. The summed E-state index contributed by atoms with van der Waals surface area (Å²) < 4.78 is 38.5. The summed E-state index contributed by atoms with van der Waals surface area (Å²) in [6.45, 7) is 1.93. The molecule has 1 saturated carbocycles. The van der Waals surface area contributed by atoms with E-state index in [1.165, 1.54) is 0 Å². The van der Waals surface area contributed by atoms with Gasteiger partial charge in [-0.05, 0) is 19.3 Å². The van der Waals surface area contributed by atoms with Gasteiger partial charge in [0.05, 0.1) is 12.0 Å². The molecular formula is C13H22F3NO2. The van der Waals surface area contributed by atoms with Crippen molar-refractivity contribution in [2.24, 2.45) is 11.8 Å². The van der Waals surface area contributed by atoms with Gasteiger partial charge >= 0.3 is 6.18 Å². The largest absolute Gasteiger partial charge is 0.392 e. The fraction of sp³-hybridized carbons (Fsp3) is 0.923. The molecule has 0 bridgehead atoms. The summed E-state index contributed by atoms with van der Waals surface area (Å²) in [4.78, 5) is 11.8. The van der Waals surface area contributed by atoms with Crippen molar-refractivity contribution in [2.45, 2.75) is 57.7 Å². The molecule has 19 heavy (non-hydrogen) atoms. The van der Waals surface area contributed by atoms with E-state index in [0.29, 0.717) is 19.3 Å². The smallest absolute Gasteiger partial charge is 0.391 e. The highest BCUT2D eigenvalue weighted by atomic mass is 19.4. The molecule has 1 aliphatic rings. The maximum atomic E-state index is 12.8. The zero-order valence-electron chi connectivity index (χ0n) is 11.2. The molecule has 0 radical (unpaired) electrons. The number of carbonyl (C=O) groups excluding carboxylic acids is 1. The van der Waals surface area contributed by atoms with Gasteiger partial charge in [0, 0.05) is 12.5 Å². The third kappa shape index (κ3) is 5.01. The predicted octanol–water partition coefficient (Wildman–Crippen LogP) is 2.63. The van der Waals surface area contributed by atoms with Gasteiger partial charge in [0.15, 0.2) is 0 Å². The van der Waals surface area contributed by atoms with Crippen LogP contribution in [0, 0.1) is 11.8 Å². The Hall–Kier alpha value is -0.780. The lowest BCUT2D eigenvalue weighted by atomic mass is 9.78. The van der Waals surface area contributed by atoms with E-state index in [1.807, 2.05) is 6.92 Å². The van der Waals surface area contributed by atoms with Gasteiger partial charge in [-0.25, -0.2) is 0 Å². The van der Waals surface area contributed by atoms with Gasteiger partial charge in [0.1, 0.15) is 0 Å². The van der Waals surface area contributed by atoms with Crippen LogP contribution in [0.1, 0.15) is 45.4 Å². The molecule has 1 aliphatic carbocycles. The second-order valence-electron chi connectivity index (χ2n) is 5.23. The van der Waals surface area contributed by atoms with E-state index in [-0.39, 0.29) is 19.4 Å². The highest BCUT2D eigenvalue weighted by Crippen LogP contribution is 2.41. The number of hydrogen-bond acceptors (Lipinski definition) is 2. The number of carbonyl (C=O) groups is 1. The summed E-state index contributed by atoms with van der Waals surface area (Å²) in [5.74, 6) is -3.11. The molecule has 0 aromatic carbocycles. The standard InChI is InChI=1S/C13H22F3NO2/c1-2-5-9(18)8-17-12(19)10-6-3-4-7-11(10)13(14,15)16/h9-11,18H,2-8H2,1H3,(H,17,19). The minimum Gasteiger partial charge on any atom is -0.391 e. The molecule has 3 unspecified atom stereocenters. The summed E-state index contributed by atoms with van der Waals surface area (Å²) in [5.41, 5.74) is 0. The summed E-state index contributed by atoms with van der Waals surface area (Å²) in [5, 5.41) is 11.9. The van der Waals surface area contributed by atoms with Crippen molar-refractivity contribution in [2.75, 3.05) is 6.54 Å². The molecule has 0 aliphatic heterocycles. The average molecular weight is 281 g/mol. The molecule has 1 rings (SSSR count). The number of hydrogen-bond donors (Lipinski definition) is 2. The Morgan fingerprint density at radius 1 is 1.37 bits per heavy atom. The molecule has 0 aromatic heterocycles. The third-order valence-electron chi connectivity index (χ3n) is 3.66. The number of aliphatic hydroxyl groups excluding tert-OH is 1. The van der Waals surface area contributed by atoms with Crippen molar-refractivity contribution < 1.29 is 23.1 Å². The number of halogens is 3. The van der Waals surface area contributed by atoms with E-state index >= 15 is 0 Å². The number of rotatable bonds is 5. The van der Waals surface area contributed by atoms with Crippen LogP contribution in [-0.4, -0.2) is 29.8 Å². The molecule has 3 atom stereocenters. The molecule has 112 valence electrons. The van der Waals surface area contributed by atoms with Crippen molar-refractivity contribution >= 4 is 5.91 Å². The molecule has 3 nitrogen and oxygen atoms in total. The zero-order valence-corrected chi connectivity index (χ0v) is 11.2. The van der Waals surface area contributed by atoms with Crippen LogP contribution in [0.5, 0.6) is 0 Å². The molecular weight excluding hydrogens is 259 g/mol. The van der Waals surface area contributed by atoms with Crippen LogP contribution < -0.4 is 5.32 Å². The molecule has 2 N–H and O–H groups in total. The average Bonchev–Trinajstić information content (AvgIpc) is 2.35. The maximum absolute atomic E-state index is 12.8. The van der Waals surface area contributed by atoms with Crippen LogP contribution in [-0.2, 0) is 4.79 Å². The SMILES string of the molecule is CCCC(O)CNC(=O)C1CCCCC1C(F)(F)F. The van der Waals surface area contributed by atoms with Crippen LogP contribution in [0.2, 0.25) is 0 Å². The molecule has 0 heterocycles. The van der Waals surface area contributed by atoms with Crippen molar-refractivity contribution in [3.05, 3.63) is 0 Å². The maximum Gasteiger partial charge on any atom is 0.392 e. The first-order chi connectivity index (χ1) is 8.86. The highest BCUT2D eigenvalue weighted by Gasteiger charge is 2.47. The fourth-order valence-electron chi connectivity index (χ4n) is 2.62. The van der Waals surface area contributed by atoms with Crippen LogP contribution >= 0.6 is 0 Å². The number of alkyl halides is 3. The normalized spacial score (nSPS) is 25.9. The van der Waals surface area contributed by atoms with Crippen molar-refractivity contribution in [1.82, 2.24) is 5.32 Å². The molecule has 0 saturated heterocycles. The Labute approximate surface area is 111 Å². The molecule has 1 amide bonds. The summed E-state index contributed by atoms with van der Waals surface area (Å²) in [7, 11) is 0. The quantitative estimate of drug-likeness (QED) is 0.814. The van der Waals surface area contributed by atoms with E-state index in [1.54, 1.807) is 0 Å². The number of aliphatic hydroxyl groups is 1. The second kappa shape index (κ2) is 7.12. The van der Waals surface area contributed by atoms with Crippen LogP contribution in [0.25, 0.3) is 0 Å². The monoisotopic (exact) mass is 281 g/mol. The number of amides is 1. The Bertz CT molecular complexity index is 294. The first-order valence-electron chi connectivity index (χ1n) is 6.88. The Balaban J connectivity index is 2.53. The topological polar surface area (TPSA) is 49.3 Å². The van der Waals surface area contributed by atoms with Crippen molar-refractivity contribution in [3.63, 3.8) is 0 Å². The first-order valence-corrected chi connectivity index (χ1v) is 6.88. The number of nitrogens with one attached hydrogen (secondary N) is 1. The minimum atomic E-state index is -4.32. The molecule has 1 fully saturated rings. The molecule has 0 spiro atoms. The summed E-state index contributed by atoms with van der Waals surface area (Å²) in [6.07, 6.45) is -2.21. The summed E-state index contributed by atoms with van der Waals surface area (Å²) >= 11 is 0. The zero-order chi connectivity index (χ0) is 14.5. The summed E-state index contributed by atoms with van der Waals surface area (Å²) in [6, 6.07) is 0. The van der Waals surface area contributed by atoms with Gasteiger partial charge in [-0.1, -0.05) is 26.2 Å². The lowest BCUT2D eigenvalue weighted by molar-refractivity contribution is -0.198. The van der Waals surface area contributed by atoms with Crippen molar-refractivity contribution in [1.29, 1.82) is 0 Å². The van der Waals surface area contributed by atoms with Crippen LogP contribution in [0.3, 0.4) is 0 Å². The van der Waals surface area contributed by atoms with E-state index in [2.05, 4.69) is 5.32 Å². The van der Waals surface area contributed by atoms with Gasteiger partial charge in [-0.3, -0.25) is 4.79 Å². The van der Waals surface area contributed by atoms with Crippen LogP contribution in [0.15, 0.2) is 0 Å². The second-order valence-corrected chi connectivity index (χ2v) is 5.23. The van der Waals surface area contributed by atoms with Crippen molar-refractivity contribution in [3.8, 4) is 0 Å². The van der Waals surface area contributed by atoms with Gasteiger partial charge in [-0.15, -0.1) is 0 Å². The van der Waals surface area contributed by atoms with E-state index < -0.39 is 30.0 Å². The Morgan fingerprint density at radius 3 is 2.58 bits per heavy atom. The minimum absolute atomic E-state index is 0.0269. The van der Waals surface area contributed by atoms with Gasteiger partial charge in [0.25, 0.3) is 0 Å². The molecule has 0 aromatic rings. The van der Waals surface area contributed by atoms with E-state index in [0.717, 1.165) is 6.42 Å². The van der Waals surface area contributed by atoms with E-state index in [9.17, 15) is 23.1 Å².